The molecule has 0 aliphatic heterocycles. The summed E-state index contributed by atoms with van der Waals surface area (Å²) < 4.78 is 25.4. The lowest BCUT2D eigenvalue weighted by molar-refractivity contribution is -0.172. The van der Waals surface area contributed by atoms with Crippen molar-refractivity contribution in [1.29, 1.82) is 0 Å². The minimum Gasteiger partial charge on any atom is -0.478 e. The lowest BCUT2D eigenvalue weighted by Crippen LogP contribution is -2.30. The molecule has 0 aromatic rings. The van der Waals surface area contributed by atoms with Crippen molar-refractivity contribution >= 4 is 17.9 Å². The normalized spacial score (nSPS) is 12.3. The highest BCUT2D eigenvalue weighted by molar-refractivity contribution is 5.86. The summed E-state index contributed by atoms with van der Waals surface area (Å²) in [5.74, 6) is -1.75. The van der Waals surface area contributed by atoms with Gasteiger partial charge in [-0.3, -0.25) is 0 Å². The van der Waals surface area contributed by atoms with Gasteiger partial charge in [-0.25, -0.2) is 14.4 Å². The SMILES string of the molecule is C=C(C)C(=O)O.C=C(C)C(=O)OCCOC(C)N.C=CC(=O)OCCCOC(CC)OC(N)CC. The molecule has 204 valence electrons. The highest BCUT2D eigenvalue weighted by atomic mass is 16.7. The maximum absolute atomic E-state index is 10.8. The minimum absolute atomic E-state index is 0.176. The van der Waals surface area contributed by atoms with Gasteiger partial charge in [-0.1, -0.05) is 33.6 Å². The zero-order chi connectivity index (χ0) is 27.8. The molecule has 0 aromatic heterocycles. The fraction of sp³-hybridized carbons (Fsp3) is 0.625. The topological polar surface area (TPSA) is 170 Å². The quantitative estimate of drug-likeness (QED) is 0.122. The summed E-state index contributed by atoms with van der Waals surface area (Å²) in [6, 6.07) is 0. The van der Waals surface area contributed by atoms with Gasteiger partial charge in [0.15, 0.2) is 6.29 Å². The first-order chi connectivity index (χ1) is 16.3. The molecular weight excluding hydrogens is 460 g/mol. The Bertz CT molecular complexity index is 624. The summed E-state index contributed by atoms with van der Waals surface area (Å²) in [6.07, 6.45) is 2.34. The van der Waals surface area contributed by atoms with Gasteiger partial charge in [0.05, 0.1) is 19.8 Å². The van der Waals surface area contributed by atoms with Crippen LogP contribution in [0.5, 0.6) is 0 Å². The first-order valence-electron chi connectivity index (χ1n) is 11.2. The molecule has 0 radical (unpaired) electrons. The monoisotopic (exact) mass is 504 g/mol. The van der Waals surface area contributed by atoms with Crippen LogP contribution < -0.4 is 11.5 Å². The zero-order valence-electron chi connectivity index (χ0n) is 21.7. The fourth-order valence-corrected chi connectivity index (χ4v) is 1.54. The van der Waals surface area contributed by atoms with Crippen molar-refractivity contribution in [3.05, 3.63) is 37.0 Å². The van der Waals surface area contributed by atoms with Crippen LogP contribution in [0, 0.1) is 0 Å². The van der Waals surface area contributed by atoms with Gasteiger partial charge in [0.25, 0.3) is 0 Å². The summed E-state index contributed by atoms with van der Waals surface area (Å²) in [5.41, 5.74) is 11.5. The number of carbonyl (C=O) groups excluding carboxylic acids is 2. The smallest absolute Gasteiger partial charge is 0.333 e. The molecule has 0 aromatic carbocycles. The summed E-state index contributed by atoms with van der Waals surface area (Å²) >= 11 is 0. The molecule has 3 atom stereocenters. The third-order valence-corrected chi connectivity index (χ3v) is 3.48. The van der Waals surface area contributed by atoms with Crippen molar-refractivity contribution in [2.24, 2.45) is 11.5 Å². The van der Waals surface area contributed by atoms with Crippen LogP contribution >= 0.6 is 0 Å². The molecule has 0 bridgehead atoms. The average Bonchev–Trinajstić information content (AvgIpc) is 2.80. The van der Waals surface area contributed by atoms with Gasteiger partial charge >= 0.3 is 17.9 Å². The van der Waals surface area contributed by atoms with E-state index < -0.39 is 17.9 Å². The van der Waals surface area contributed by atoms with Gasteiger partial charge in [-0.15, -0.1) is 0 Å². The van der Waals surface area contributed by atoms with Crippen LogP contribution in [0.4, 0.5) is 0 Å². The van der Waals surface area contributed by atoms with Crippen molar-refractivity contribution in [1.82, 2.24) is 0 Å². The highest BCUT2D eigenvalue weighted by Crippen LogP contribution is 2.05. The number of carboxylic acids is 1. The van der Waals surface area contributed by atoms with Gasteiger partial charge in [0, 0.05) is 23.6 Å². The molecule has 0 rings (SSSR count). The molecule has 0 aliphatic rings. The van der Waals surface area contributed by atoms with E-state index in [9.17, 15) is 14.4 Å². The first-order valence-corrected chi connectivity index (χ1v) is 11.2. The number of hydrogen-bond acceptors (Lipinski definition) is 10. The maximum atomic E-state index is 10.8. The Balaban J connectivity index is -0.000000493. The number of carboxylic acid groups (broad SMARTS) is 1. The summed E-state index contributed by atoms with van der Waals surface area (Å²) in [6.45, 7) is 19.9. The maximum Gasteiger partial charge on any atom is 0.333 e. The molecule has 0 amide bonds. The van der Waals surface area contributed by atoms with Crippen molar-refractivity contribution < 1.29 is 43.2 Å². The predicted octanol–water partition coefficient (Wildman–Crippen LogP) is 2.64. The van der Waals surface area contributed by atoms with E-state index in [1.54, 1.807) is 13.8 Å². The third kappa shape index (κ3) is 29.4. The number of carbonyl (C=O) groups is 3. The third-order valence-electron chi connectivity index (χ3n) is 3.48. The Morgan fingerprint density at radius 3 is 1.89 bits per heavy atom. The van der Waals surface area contributed by atoms with Crippen LogP contribution in [-0.4, -0.2) is 68.2 Å². The first kappa shape index (κ1) is 37.0. The van der Waals surface area contributed by atoms with Gasteiger partial charge in [-0.2, -0.15) is 0 Å². The van der Waals surface area contributed by atoms with Crippen molar-refractivity contribution in [2.45, 2.75) is 72.6 Å². The summed E-state index contributed by atoms with van der Waals surface area (Å²) in [5, 5.41) is 7.89. The van der Waals surface area contributed by atoms with E-state index in [1.165, 1.54) is 6.92 Å². The van der Waals surface area contributed by atoms with E-state index in [1.807, 2.05) is 13.8 Å². The lowest BCUT2D eigenvalue weighted by Gasteiger charge is -2.20. The Labute approximate surface area is 209 Å². The van der Waals surface area contributed by atoms with E-state index in [0.29, 0.717) is 31.8 Å². The van der Waals surface area contributed by atoms with Crippen LogP contribution in [-0.2, 0) is 38.1 Å². The molecule has 11 heteroatoms. The zero-order valence-corrected chi connectivity index (χ0v) is 21.7. The number of esters is 2. The molecule has 11 nitrogen and oxygen atoms in total. The van der Waals surface area contributed by atoms with E-state index in [4.69, 9.17) is 40.3 Å². The van der Waals surface area contributed by atoms with Crippen LogP contribution in [0.2, 0.25) is 0 Å². The second-order valence-electron chi connectivity index (χ2n) is 7.09. The molecular formula is C24H44N2O9. The Morgan fingerprint density at radius 1 is 0.914 bits per heavy atom. The van der Waals surface area contributed by atoms with Gasteiger partial charge in [0.1, 0.15) is 19.1 Å². The average molecular weight is 505 g/mol. The van der Waals surface area contributed by atoms with Gasteiger partial charge in [0.2, 0.25) is 0 Å². The molecule has 5 N–H and O–H groups in total. The van der Waals surface area contributed by atoms with Gasteiger partial charge < -0.3 is 40.3 Å². The van der Waals surface area contributed by atoms with Crippen LogP contribution in [0.15, 0.2) is 37.0 Å². The Kier molecular flexibility index (Phi) is 25.9. The summed E-state index contributed by atoms with van der Waals surface area (Å²) in [4.78, 5) is 31.1. The molecule has 0 saturated carbocycles. The number of hydrogen-bond donors (Lipinski definition) is 3. The number of aliphatic carboxylic acids is 1. The molecule has 0 aliphatic carbocycles. The van der Waals surface area contributed by atoms with Crippen molar-refractivity contribution in [3.63, 3.8) is 0 Å². The van der Waals surface area contributed by atoms with Gasteiger partial charge in [-0.05, 0) is 33.6 Å². The number of nitrogens with two attached hydrogens (primary N) is 2. The minimum atomic E-state index is -0.935. The fourth-order valence-electron chi connectivity index (χ4n) is 1.54. The van der Waals surface area contributed by atoms with E-state index in [2.05, 4.69) is 19.7 Å². The largest absolute Gasteiger partial charge is 0.478 e. The second kappa shape index (κ2) is 24.6. The van der Waals surface area contributed by atoms with E-state index >= 15 is 0 Å². The standard InChI is InChI=1S/C12H23NO4.C8H15NO3.C4H6O2/c1-4-10(13)17-12(6-3)16-9-7-8-15-11(14)5-2;1-6(2)8(10)12-5-4-11-7(3)9;1-3(2)4(5)6/h5,10,12H,2,4,6-9,13H2,1,3H3;7H,1,4-5,9H2,2-3H3;1H2,2H3,(H,5,6). The van der Waals surface area contributed by atoms with Crippen molar-refractivity contribution in [3.8, 4) is 0 Å². The van der Waals surface area contributed by atoms with E-state index in [0.717, 1.165) is 18.9 Å². The molecule has 0 fully saturated rings. The lowest BCUT2D eigenvalue weighted by atomic mass is 10.4. The second-order valence-corrected chi connectivity index (χ2v) is 7.09. The molecule has 0 heterocycles. The molecule has 0 spiro atoms. The molecule has 3 unspecified atom stereocenters. The summed E-state index contributed by atoms with van der Waals surface area (Å²) in [7, 11) is 0. The number of ether oxygens (including phenoxy) is 5. The number of rotatable bonds is 16. The van der Waals surface area contributed by atoms with Crippen LogP contribution in [0.1, 0.15) is 53.9 Å². The molecule has 35 heavy (non-hydrogen) atoms. The molecule has 0 saturated heterocycles. The van der Waals surface area contributed by atoms with E-state index in [-0.39, 0.29) is 30.9 Å². The van der Waals surface area contributed by atoms with Crippen LogP contribution in [0.3, 0.4) is 0 Å². The highest BCUT2D eigenvalue weighted by Gasteiger charge is 2.10. The Morgan fingerprint density at radius 2 is 1.49 bits per heavy atom. The van der Waals surface area contributed by atoms with Crippen molar-refractivity contribution in [2.75, 3.05) is 26.4 Å². The Hall–Kier alpha value is -2.57. The predicted molar refractivity (Wildman–Crippen MR) is 133 cm³/mol. The van der Waals surface area contributed by atoms with Crippen LogP contribution in [0.25, 0.3) is 0 Å².